The van der Waals surface area contributed by atoms with Gasteiger partial charge in [-0.2, -0.15) is 0 Å². The zero-order valence-electron chi connectivity index (χ0n) is 18.5. The number of halogens is 2. The lowest BCUT2D eigenvalue weighted by Gasteiger charge is -2.24. The van der Waals surface area contributed by atoms with Crippen LogP contribution in [0.5, 0.6) is 0 Å². The lowest BCUT2D eigenvalue weighted by molar-refractivity contribution is 0.0695. The first-order chi connectivity index (χ1) is 15.2. The molecule has 5 nitrogen and oxygen atoms in total. The summed E-state index contributed by atoms with van der Waals surface area (Å²) in [7, 11) is 1.59. The van der Waals surface area contributed by atoms with Gasteiger partial charge in [0.25, 0.3) is 0 Å². The number of carboxylic acids is 1. The molecule has 0 atom stereocenters. The number of hydrogen-bond donors (Lipinski definition) is 1. The van der Waals surface area contributed by atoms with Crippen LogP contribution in [0.25, 0.3) is 22.4 Å². The highest BCUT2D eigenvalue weighted by Gasteiger charge is 2.27. The predicted molar refractivity (Wildman–Crippen MR) is 129 cm³/mol. The number of pyridine rings is 1. The Morgan fingerprint density at radius 1 is 1.09 bits per heavy atom. The van der Waals surface area contributed by atoms with Crippen LogP contribution in [-0.4, -0.2) is 29.4 Å². The molecule has 0 saturated heterocycles. The number of aryl methyl sites for hydroxylation is 2. The second-order valence-corrected chi connectivity index (χ2v) is 8.43. The highest BCUT2D eigenvalue weighted by Crippen LogP contribution is 2.34. The van der Waals surface area contributed by atoms with Crippen molar-refractivity contribution in [3.8, 4) is 22.4 Å². The summed E-state index contributed by atoms with van der Waals surface area (Å²) >= 11 is 12.3. The molecule has 0 fully saturated rings. The molecule has 0 aliphatic heterocycles. The van der Waals surface area contributed by atoms with Gasteiger partial charge in [0.1, 0.15) is 5.56 Å². The van der Waals surface area contributed by atoms with Gasteiger partial charge in [-0.25, -0.2) is 4.79 Å². The Hall–Kier alpha value is -2.60. The van der Waals surface area contributed by atoms with Crippen LogP contribution >= 0.6 is 23.2 Å². The second kappa shape index (κ2) is 9.90. The Kier molecular flexibility index (Phi) is 7.44. The maximum atomic E-state index is 13.8. The van der Waals surface area contributed by atoms with Gasteiger partial charge in [-0.15, -0.1) is 0 Å². The monoisotopic (exact) mass is 473 g/mol. The molecule has 32 heavy (non-hydrogen) atoms. The van der Waals surface area contributed by atoms with Gasteiger partial charge in [0, 0.05) is 36.9 Å². The van der Waals surface area contributed by atoms with Gasteiger partial charge >= 0.3 is 5.97 Å². The number of benzene rings is 2. The maximum absolute atomic E-state index is 13.8. The van der Waals surface area contributed by atoms with Crippen LogP contribution in [0.4, 0.5) is 0 Å². The third-order valence-electron chi connectivity index (χ3n) is 5.50. The van der Waals surface area contributed by atoms with Crippen LogP contribution < -0.4 is 5.43 Å². The van der Waals surface area contributed by atoms with E-state index in [1.807, 2.05) is 43.5 Å². The van der Waals surface area contributed by atoms with E-state index in [0.717, 1.165) is 22.4 Å². The molecule has 0 saturated carbocycles. The molecule has 1 heterocycles. The van der Waals surface area contributed by atoms with E-state index in [0.29, 0.717) is 41.4 Å². The van der Waals surface area contributed by atoms with Crippen molar-refractivity contribution in [1.82, 2.24) is 4.57 Å². The van der Waals surface area contributed by atoms with Gasteiger partial charge in [0.2, 0.25) is 5.43 Å². The minimum Gasteiger partial charge on any atom is -0.477 e. The first kappa shape index (κ1) is 24.1. The molecular formula is C25H25Cl2NO4. The summed E-state index contributed by atoms with van der Waals surface area (Å²) in [4.78, 5) is 26.2. The van der Waals surface area contributed by atoms with E-state index >= 15 is 0 Å². The number of carboxylic acid groups (broad SMARTS) is 1. The molecule has 0 spiro atoms. The van der Waals surface area contributed by atoms with Crippen LogP contribution in [-0.2, 0) is 17.7 Å². The van der Waals surface area contributed by atoms with Gasteiger partial charge in [0.15, 0.2) is 0 Å². The first-order valence-corrected chi connectivity index (χ1v) is 11.0. The topological polar surface area (TPSA) is 68.5 Å². The fourth-order valence-electron chi connectivity index (χ4n) is 4.00. The van der Waals surface area contributed by atoms with E-state index < -0.39 is 11.4 Å². The van der Waals surface area contributed by atoms with Crippen LogP contribution in [0, 0.1) is 13.8 Å². The zero-order valence-corrected chi connectivity index (χ0v) is 20.0. The fraction of sp³-hybridized carbons (Fsp3) is 0.280. The molecule has 168 valence electrons. The molecule has 3 rings (SSSR count). The van der Waals surface area contributed by atoms with Crippen LogP contribution in [0.3, 0.4) is 0 Å². The third kappa shape index (κ3) is 4.46. The average Bonchev–Trinajstić information content (AvgIpc) is 2.75. The summed E-state index contributed by atoms with van der Waals surface area (Å²) < 4.78 is 7.19. The molecule has 0 bridgehead atoms. The van der Waals surface area contributed by atoms with Crippen molar-refractivity contribution in [2.45, 2.75) is 33.7 Å². The van der Waals surface area contributed by atoms with Crippen molar-refractivity contribution in [2.75, 3.05) is 13.7 Å². The summed E-state index contributed by atoms with van der Waals surface area (Å²) in [5, 5.41) is 10.8. The van der Waals surface area contributed by atoms with Crippen molar-refractivity contribution in [2.24, 2.45) is 0 Å². The SMILES string of the molecule is CCn1c(CCOC)c(-c2cc(C)ccc2C)c(=O)c(C(=O)O)c1-c1ccc(Cl)c(Cl)c1. The lowest BCUT2D eigenvalue weighted by Crippen LogP contribution is -2.27. The summed E-state index contributed by atoms with van der Waals surface area (Å²) in [6.07, 6.45) is 0.441. The number of nitrogens with zero attached hydrogens (tertiary/aromatic N) is 1. The number of hydrogen-bond acceptors (Lipinski definition) is 3. The number of ether oxygens (including phenoxy) is 1. The van der Waals surface area contributed by atoms with E-state index in [9.17, 15) is 14.7 Å². The van der Waals surface area contributed by atoms with E-state index in [1.54, 1.807) is 25.3 Å². The van der Waals surface area contributed by atoms with Crippen LogP contribution in [0.1, 0.15) is 34.1 Å². The molecule has 3 aromatic rings. The summed E-state index contributed by atoms with van der Waals surface area (Å²) in [5.74, 6) is -1.29. The zero-order chi connectivity index (χ0) is 23.6. The molecule has 1 N–H and O–H groups in total. The lowest BCUT2D eigenvalue weighted by atomic mass is 9.91. The van der Waals surface area contributed by atoms with E-state index in [-0.39, 0.29) is 10.6 Å². The number of aromatic nitrogens is 1. The largest absolute Gasteiger partial charge is 0.477 e. The second-order valence-electron chi connectivity index (χ2n) is 7.61. The van der Waals surface area contributed by atoms with Gasteiger partial charge < -0.3 is 14.4 Å². The Labute approximate surface area is 197 Å². The van der Waals surface area contributed by atoms with Gasteiger partial charge in [-0.1, -0.05) is 53.0 Å². The Morgan fingerprint density at radius 3 is 2.41 bits per heavy atom. The Bertz CT molecular complexity index is 1250. The molecule has 0 aliphatic carbocycles. The molecule has 7 heteroatoms. The maximum Gasteiger partial charge on any atom is 0.341 e. The van der Waals surface area contributed by atoms with E-state index in [1.165, 1.54) is 0 Å². The molecule has 0 radical (unpaired) electrons. The quantitative estimate of drug-likeness (QED) is 0.455. The van der Waals surface area contributed by atoms with Crippen molar-refractivity contribution in [3.05, 3.63) is 79.1 Å². The average molecular weight is 474 g/mol. The standard InChI is InChI=1S/C25H25Cl2NO4/c1-5-28-20(10-11-32-4)21(17-12-14(2)6-7-15(17)3)24(29)22(25(30)31)23(28)16-8-9-18(26)19(27)13-16/h6-9,12-13H,5,10-11H2,1-4H3,(H,30,31). The summed E-state index contributed by atoms with van der Waals surface area (Å²) in [6, 6.07) is 10.7. The number of rotatable bonds is 7. The van der Waals surface area contributed by atoms with Gasteiger partial charge in [-0.05, 0) is 44.0 Å². The minimum absolute atomic E-state index is 0.285. The normalized spacial score (nSPS) is 11.1. The van der Waals surface area contributed by atoms with Crippen LogP contribution in [0.2, 0.25) is 10.0 Å². The molecular weight excluding hydrogens is 449 g/mol. The van der Waals surface area contributed by atoms with Gasteiger partial charge in [-0.3, -0.25) is 4.79 Å². The molecule has 0 unspecified atom stereocenters. The fourth-order valence-corrected chi connectivity index (χ4v) is 4.30. The summed E-state index contributed by atoms with van der Waals surface area (Å²) in [5.41, 5.74) is 3.73. The van der Waals surface area contributed by atoms with Crippen molar-refractivity contribution in [1.29, 1.82) is 0 Å². The third-order valence-corrected chi connectivity index (χ3v) is 6.24. The van der Waals surface area contributed by atoms with E-state index in [2.05, 4.69) is 0 Å². The Balaban J connectivity index is 2.53. The van der Waals surface area contributed by atoms with Crippen LogP contribution in [0.15, 0.2) is 41.2 Å². The molecule has 1 aromatic heterocycles. The van der Waals surface area contributed by atoms with Crippen molar-refractivity contribution >= 4 is 29.2 Å². The smallest absolute Gasteiger partial charge is 0.341 e. The number of methoxy groups -OCH3 is 1. The number of carbonyl (C=O) groups is 1. The Morgan fingerprint density at radius 2 is 1.81 bits per heavy atom. The molecule has 2 aromatic carbocycles. The van der Waals surface area contributed by atoms with Crippen molar-refractivity contribution in [3.63, 3.8) is 0 Å². The summed E-state index contributed by atoms with van der Waals surface area (Å²) in [6.45, 7) is 6.61. The predicted octanol–water partition coefficient (Wildman–Crippen LogP) is 6.01. The van der Waals surface area contributed by atoms with E-state index in [4.69, 9.17) is 27.9 Å². The molecule has 0 amide bonds. The highest BCUT2D eigenvalue weighted by atomic mass is 35.5. The minimum atomic E-state index is -1.29. The highest BCUT2D eigenvalue weighted by molar-refractivity contribution is 6.42. The van der Waals surface area contributed by atoms with Crippen molar-refractivity contribution < 1.29 is 14.6 Å². The molecule has 0 aliphatic rings. The van der Waals surface area contributed by atoms with Gasteiger partial charge in [0.05, 0.1) is 22.3 Å². The number of aromatic carboxylic acids is 1. The first-order valence-electron chi connectivity index (χ1n) is 10.3.